The largest absolute Gasteiger partial charge is 0.390 e. The Kier molecular flexibility index (Phi) is 4.29. The molecular weight excluding hydrogens is 226 g/mol. The van der Waals surface area contributed by atoms with Crippen LogP contribution >= 0.6 is 0 Å². The predicted octanol–water partition coefficient (Wildman–Crippen LogP) is -0.544. The summed E-state index contributed by atoms with van der Waals surface area (Å²) in [4.78, 5) is 6.23. The fourth-order valence-corrected chi connectivity index (χ4v) is 1.67. The molecule has 1 aliphatic rings. The van der Waals surface area contributed by atoms with Crippen molar-refractivity contribution in [3.63, 3.8) is 0 Å². The number of anilines is 1. The van der Waals surface area contributed by atoms with Crippen LogP contribution in [0.3, 0.4) is 0 Å². The van der Waals surface area contributed by atoms with Crippen molar-refractivity contribution in [1.82, 2.24) is 10.1 Å². The van der Waals surface area contributed by atoms with E-state index in [4.69, 9.17) is 14.0 Å². The van der Waals surface area contributed by atoms with Crippen LogP contribution in [0.25, 0.3) is 0 Å². The van der Waals surface area contributed by atoms with Gasteiger partial charge in [-0.05, 0) is 5.16 Å². The first-order valence-corrected chi connectivity index (χ1v) is 5.62. The predicted molar refractivity (Wildman–Crippen MR) is 58.9 cm³/mol. The SMILES string of the molecule is COCC(O)Cc1nc(N2CCOCC2)no1. The zero-order valence-corrected chi connectivity index (χ0v) is 9.83. The summed E-state index contributed by atoms with van der Waals surface area (Å²) >= 11 is 0. The highest BCUT2D eigenvalue weighted by Gasteiger charge is 2.18. The highest BCUT2D eigenvalue weighted by molar-refractivity contribution is 5.28. The molecule has 1 fully saturated rings. The quantitative estimate of drug-likeness (QED) is 0.743. The van der Waals surface area contributed by atoms with Crippen LogP contribution in [0.15, 0.2) is 4.52 Å². The van der Waals surface area contributed by atoms with E-state index < -0.39 is 6.10 Å². The summed E-state index contributed by atoms with van der Waals surface area (Å²) in [5.41, 5.74) is 0. The van der Waals surface area contributed by atoms with E-state index in [0.29, 0.717) is 31.5 Å². The molecule has 2 heterocycles. The van der Waals surface area contributed by atoms with E-state index in [1.807, 2.05) is 4.90 Å². The lowest BCUT2D eigenvalue weighted by atomic mass is 10.3. The molecule has 0 aliphatic carbocycles. The molecule has 0 bridgehead atoms. The molecule has 7 nitrogen and oxygen atoms in total. The van der Waals surface area contributed by atoms with Crippen molar-refractivity contribution in [2.24, 2.45) is 0 Å². The van der Waals surface area contributed by atoms with Gasteiger partial charge in [-0.3, -0.25) is 0 Å². The monoisotopic (exact) mass is 243 g/mol. The third-order valence-corrected chi connectivity index (χ3v) is 2.52. The van der Waals surface area contributed by atoms with Crippen LogP contribution in [-0.4, -0.2) is 61.4 Å². The second-order valence-corrected chi connectivity index (χ2v) is 3.90. The maximum Gasteiger partial charge on any atom is 0.266 e. The number of morpholine rings is 1. The molecule has 0 radical (unpaired) electrons. The van der Waals surface area contributed by atoms with E-state index >= 15 is 0 Å². The Morgan fingerprint density at radius 1 is 1.47 bits per heavy atom. The molecular formula is C10H17N3O4. The summed E-state index contributed by atoms with van der Waals surface area (Å²) in [7, 11) is 1.54. The summed E-state index contributed by atoms with van der Waals surface area (Å²) in [5, 5.41) is 13.4. The second kappa shape index (κ2) is 5.95. The lowest BCUT2D eigenvalue weighted by Gasteiger charge is -2.24. The normalized spacial score (nSPS) is 18.4. The third-order valence-electron chi connectivity index (χ3n) is 2.52. The molecule has 1 saturated heterocycles. The van der Waals surface area contributed by atoms with E-state index in [0.717, 1.165) is 13.1 Å². The molecule has 96 valence electrons. The van der Waals surface area contributed by atoms with Gasteiger partial charge in [-0.2, -0.15) is 4.98 Å². The summed E-state index contributed by atoms with van der Waals surface area (Å²) in [5.74, 6) is 0.990. The number of aliphatic hydroxyl groups is 1. The standard InChI is InChI=1S/C10H17N3O4/c1-15-7-8(14)6-9-11-10(12-17-9)13-2-4-16-5-3-13/h8,14H,2-7H2,1H3. The Hall–Kier alpha value is -1.18. The van der Waals surface area contributed by atoms with Crippen LogP contribution in [0.5, 0.6) is 0 Å². The molecule has 2 rings (SSSR count). The van der Waals surface area contributed by atoms with Crippen molar-refractivity contribution in [2.45, 2.75) is 12.5 Å². The van der Waals surface area contributed by atoms with Crippen molar-refractivity contribution in [2.75, 3.05) is 44.9 Å². The summed E-state index contributed by atoms with van der Waals surface area (Å²) < 4.78 is 15.1. The number of aliphatic hydroxyl groups excluding tert-OH is 1. The van der Waals surface area contributed by atoms with Gasteiger partial charge in [-0.15, -0.1) is 0 Å². The van der Waals surface area contributed by atoms with E-state index in [1.165, 1.54) is 7.11 Å². The number of ether oxygens (including phenoxy) is 2. The van der Waals surface area contributed by atoms with Gasteiger partial charge in [0.05, 0.1) is 32.3 Å². The smallest absolute Gasteiger partial charge is 0.266 e. The van der Waals surface area contributed by atoms with E-state index in [2.05, 4.69) is 10.1 Å². The Bertz CT molecular complexity index is 338. The minimum atomic E-state index is -0.613. The number of aromatic nitrogens is 2. The van der Waals surface area contributed by atoms with Crippen molar-refractivity contribution in [3.05, 3.63) is 5.89 Å². The van der Waals surface area contributed by atoms with E-state index in [9.17, 15) is 5.11 Å². The average Bonchev–Trinajstić information content (AvgIpc) is 2.79. The molecule has 0 spiro atoms. The zero-order chi connectivity index (χ0) is 12.1. The first-order valence-electron chi connectivity index (χ1n) is 5.62. The Morgan fingerprint density at radius 2 is 2.24 bits per heavy atom. The van der Waals surface area contributed by atoms with Gasteiger partial charge in [0.2, 0.25) is 5.89 Å². The lowest BCUT2D eigenvalue weighted by Crippen LogP contribution is -2.36. The fourth-order valence-electron chi connectivity index (χ4n) is 1.67. The van der Waals surface area contributed by atoms with Gasteiger partial charge in [-0.25, -0.2) is 0 Å². The molecule has 0 aromatic carbocycles. The van der Waals surface area contributed by atoms with Crippen LogP contribution in [0, 0.1) is 0 Å². The number of nitrogens with zero attached hydrogens (tertiary/aromatic N) is 3. The van der Waals surface area contributed by atoms with Crippen LogP contribution < -0.4 is 4.90 Å². The number of hydrogen-bond acceptors (Lipinski definition) is 7. The summed E-state index contributed by atoms with van der Waals surface area (Å²) in [6.07, 6.45) is -0.302. The maximum atomic E-state index is 9.54. The topological polar surface area (TPSA) is 80.9 Å². The highest BCUT2D eigenvalue weighted by Crippen LogP contribution is 2.12. The van der Waals surface area contributed by atoms with Gasteiger partial charge in [0.25, 0.3) is 5.95 Å². The van der Waals surface area contributed by atoms with Crippen LogP contribution in [0.1, 0.15) is 5.89 Å². The molecule has 0 amide bonds. The van der Waals surface area contributed by atoms with Crippen LogP contribution in [-0.2, 0) is 15.9 Å². The minimum absolute atomic E-state index is 0.259. The molecule has 1 atom stereocenters. The molecule has 17 heavy (non-hydrogen) atoms. The summed E-state index contributed by atoms with van der Waals surface area (Å²) in [6, 6.07) is 0. The maximum absolute atomic E-state index is 9.54. The van der Waals surface area contributed by atoms with Crippen LogP contribution in [0.4, 0.5) is 5.95 Å². The number of hydrogen-bond donors (Lipinski definition) is 1. The molecule has 1 unspecified atom stereocenters. The first kappa shape index (κ1) is 12.3. The first-order chi connectivity index (χ1) is 8.29. The zero-order valence-electron chi connectivity index (χ0n) is 9.83. The minimum Gasteiger partial charge on any atom is -0.390 e. The second-order valence-electron chi connectivity index (χ2n) is 3.90. The van der Waals surface area contributed by atoms with Crippen molar-refractivity contribution in [1.29, 1.82) is 0 Å². The van der Waals surface area contributed by atoms with Gasteiger partial charge < -0.3 is 24.0 Å². The Labute approximate surface area is 99.3 Å². The molecule has 1 N–H and O–H groups in total. The summed E-state index contributed by atoms with van der Waals surface area (Å²) in [6.45, 7) is 3.14. The van der Waals surface area contributed by atoms with E-state index in [-0.39, 0.29) is 6.61 Å². The average molecular weight is 243 g/mol. The fraction of sp³-hybridized carbons (Fsp3) is 0.800. The third kappa shape index (κ3) is 3.39. The van der Waals surface area contributed by atoms with Crippen molar-refractivity contribution in [3.8, 4) is 0 Å². The van der Waals surface area contributed by atoms with Crippen molar-refractivity contribution < 1.29 is 19.1 Å². The van der Waals surface area contributed by atoms with Gasteiger partial charge in [0.1, 0.15) is 0 Å². The molecule has 0 saturated carbocycles. The van der Waals surface area contributed by atoms with Gasteiger partial charge >= 0.3 is 0 Å². The number of methoxy groups -OCH3 is 1. The van der Waals surface area contributed by atoms with Gasteiger partial charge in [0, 0.05) is 20.2 Å². The molecule has 7 heteroatoms. The number of rotatable bonds is 5. The molecule has 1 aromatic rings. The van der Waals surface area contributed by atoms with Crippen molar-refractivity contribution >= 4 is 5.95 Å². The van der Waals surface area contributed by atoms with Gasteiger partial charge in [0.15, 0.2) is 0 Å². The lowest BCUT2D eigenvalue weighted by molar-refractivity contribution is 0.0599. The highest BCUT2D eigenvalue weighted by atomic mass is 16.5. The van der Waals surface area contributed by atoms with E-state index in [1.54, 1.807) is 0 Å². The Morgan fingerprint density at radius 3 is 2.94 bits per heavy atom. The molecule has 1 aromatic heterocycles. The molecule has 1 aliphatic heterocycles. The van der Waals surface area contributed by atoms with Gasteiger partial charge in [-0.1, -0.05) is 0 Å². The van der Waals surface area contributed by atoms with Crippen LogP contribution in [0.2, 0.25) is 0 Å². The Balaban J connectivity index is 1.90.